The van der Waals surface area contributed by atoms with E-state index >= 15 is 0 Å². The van der Waals surface area contributed by atoms with E-state index in [1.807, 2.05) is 17.1 Å². The van der Waals surface area contributed by atoms with Crippen molar-refractivity contribution in [1.29, 1.82) is 0 Å². The molecule has 0 aromatic heterocycles. The van der Waals surface area contributed by atoms with Crippen LogP contribution in [0.15, 0.2) is 36.4 Å². The number of likely N-dealkylation sites (tertiary alicyclic amines) is 1. The lowest BCUT2D eigenvalue weighted by molar-refractivity contribution is -0.145. The summed E-state index contributed by atoms with van der Waals surface area (Å²) >= 11 is 0. The fourth-order valence-corrected chi connectivity index (χ4v) is 8.07. The first kappa shape index (κ1) is 27.3. The average molecular weight is 550 g/mol. The predicted molar refractivity (Wildman–Crippen MR) is 152 cm³/mol. The minimum atomic E-state index is -1.12. The molecule has 216 valence electrons. The monoisotopic (exact) mass is 549 g/mol. The fraction of sp³-hybridized carbons (Fsp3) is 0.656. The van der Waals surface area contributed by atoms with Crippen LogP contribution in [0.25, 0.3) is 0 Å². The quantitative estimate of drug-likeness (QED) is 0.516. The molecule has 2 N–H and O–H groups in total. The summed E-state index contributed by atoms with van der Waals surface area (Å²) in [6.07, 6.45) is 10.3. The Morgan fingerprint density at radius 1 is 1.00 bits per heavy atom. The number of ether oxygens (including phenoxy) is 2. The Morgan fingerprint density at radius 3 is 2.42 bits per heavy atom. The zero-order chi connectivity index (χ0) is 28.2. The predicted octanol–water partition coefficient (Wildman–Crippen LogP) is 4.30. The molecular weight excluding hydrogens is 506 g/mol. The summed E-state index contributed by atoms with van der Waals surface area (Å²) in [5.41, 5.74) is -0.495. The summed E-state index contributed by atoms with van der Waals surface area (Å²) in [7, 11) is 1.60. The van der Waals surface area contributed by atoms with Crippen LogP contribution in [-0.4, -0.2) is 59.6 Å². The molecule has 2 bridgehead atoms. The minimum Gasteiger partial charge on any atom is -0.497 e. The fourth-order valence-electron chi connectivity index (χ4n) is 8.07. The number of anilines is 1. The first-order chi connectivity index (χ1) is 19.2. The van der Waals surface area contributed by atoms with E-state index in [-0.39, 0.29) is 29.8 Å². The number of hydrogen-bond acceptors (Lipinski definition) is 5. The van der Waals surface area contributed by atoms with Crippen molar-refractivity contribution in [3.8, 4) is 5.75 Å². The van der Waals surface area contributed by atoms with Crippen LogP contribution in [-0.2, 0) is 19.1 Å². The Morgan fingerprint density at radius 2 is 1.73 bits per heavy atom. The van der Waals surface area contributed by atoms with Gasteiger partial charge in [0.25, 0.3) is 0 Å². The molecule has 2 saturated heterocycles. The molecule has 3 heterocycles. The molecule has 0 radical (unpaired) electrons. The van der Waals surface area contributed by atoms with Crippen LogP contribution < -0.4 is 15.4 Å². The van der Waals surface area contributed by atoms with Gasteiger partial charge in [-0.05, 0) is 74.1 Å². The van der Waals surface area contributed by atoms with E-state index in [0.717, 1.165) is 38.5 Å². The number of methoxy groups -OCH3 is 1. The molecule has 3 amide bonds. The average Bonchev–Trinajstić information content (AvgIpc) is 3.59. The molecule has 1 aromatic carbocycles. The van der Waals surface area contributed by atoms with Gasteiger partial charge in [-0.3, -0.25) is 14.4 Å². The zero-order valence-electron chi connectivity index (χ0n) is 24.1. The van der Waals surface area contributed by atoms with E-state index in [4.69, 9.17) is 9.47 Å². The van der Waals surface area contributed by atoms with Crippen LogP contribution in [0.2, 0.25) is 0 Å². The van der Waals surface area contributed by atoms with E-state index in [1.54, 1.807) is 31.4 Å². The van der Waals surface area contributed by atoms with Gasteiger partial charge >= 0.3 is 0 Å². The molecule has 6 rings (SSSR count). The Hall–Kier alpha value is -2.87. The Labute approximate surface area is 237 Å². The van der Waals surface area contributed by atoms with E-state index in [9.17, 15) is 14.4 Å². The molecule has 4 fully saturated rings. The molecular formula is C32H43N3O5. The van der Waals surface area contributed by atoms with Crippen LogP contribution in [0.3, 0.4) is 0 Å². The zero-order valence-corrected chi connectivity index (χ0v) is 24.1. The van der Waals surface area contributed by atoms with Crippen molar-refractivity contribution in [3.63, 3.8) is 0 Å². The van der Waals surface area contributed by atoms with Gasteiger partial charge in [0.1, 0.15) is 17.4 Å². The van der Waals surface area contributed by atoms with Gasteiger partial charge in [-0.25, -0.2) is 0 Å². The smallest absolute Gasteiger partial charge is 0.246 e. The Kier molecular flexibility index (Phi) is 7.18. The van der Waals surface area contributed by atoms with Gasteiger partial charge in [-0.2, -0.15) is 0 Å². The number of carbonyl (C=O) groups excluding carboxylic acids is 3. The number of carbonyl (C=O) groups is 3. The van der Waals surface area contributed by atoms with Crippen molar-refractivity contribution < 1.29 is 23.9 Å². The summed E-state index contributed by atoms with van der Waals surface area (Å²) < 4.78 is 11.8. The normalized spacial score (nSPS) is 40.1. The van der Waals surface area contributed by atoms with Crippen LogP contribution in [0.1, 0.15) is 65.7 Å². The maximum absolute atomic E-state index is 14.4. The lowest BCUT2D eigenvalue weighted by Crippen LogP contribution is -2.59. The third-order valence-electron chi connectivity index (χ3n) is 10.6. The molecule has 2 aliphatic carbocycles. The van der Waals surface area contributed by atoms with Gasteiger partial charge in [0.05, 0.1) is 25.0 Å². The second kappa shape index (κ2) is 10.5. The number of fused-ring (bicyclic) bond motifs is 1. The number of nitrogens with zero attached hydrogens (tertiary/aromatic N) is 1. The Balaban J connectivity index is 1.30. The lowest BCUT2D eigenvalue weighted by atomic mass is 9.73. The number of hydrogen-bond donors (Lipinski definition) is 2. The molecule has 8 atom stereocenters. The largest absolute Gasteiger partial charge is 0.497 e. The summed E-state index contributed by atoms with van der Waals surface area (Å²) in [5.74, 6) is 0.276. The second-order valence-corrected chi connectivity index (χ2v) is 13.0. The van der Waals surface area contributed by atoms with Crippen molar-refractivity contribution >= 4 is 23.4 Å². The molecule has 1 aromatic rings. The minimum absolute atomic E-state index is 0.0246. The first-order valence-corrected chi connectivity index (χ1v) is 15.2. The SMILES string of the molecule is COc1ccc(NC(=O)[C@@H]2[C@@H]3C=C[C@]4(O3)[C@@H]2C(=O)N(C2CCC(C)CC2)[C@H]4C(=O)N[C@@H]2CCC[C@@H](C)[C@H]2C)cc1. The van der Waals surface area contributed by atoms with Crippen LogP contribution in [0, 0.1) is 29.6 Å². The molecule has 0 unspecified atom stereocenters. The highest BCUT2D eigenvalue weighted by Crippen LogP contribution is 2.56. The van der Waals surface area contributed by atoms with Crippen molar-refractivity contribution in [1.82, 2.24) is 10.2 Å². The molecule has 40 heavy (non-hydrogen) atoms. The number of benzene rings is 1. The second-order valence-electron chi connectivity index (χ2n) is 13.0. The summed E-state index contributed by atoms with van der Waals surface area (Å²) in [6, 6.07) is 6.42. The topological polar surface area (TPSA) is 97.0 Å². The summed E-state index contributed by atoms with van der Waals surface area (Å²) in [4.78, 5) is 44.2. The molecule has 2 saturated carbocycles. The molecule has 8 nitrogen and oxygen atoms in total. The third kappa shape index (κ3) is 4.43. The van der Waals surface area contributed by atoms with Crippen molar-refractivity contribution in [2.24, 2.45) is 29.6 Å². The van der Waals surface area contributed by atoms with Crippen molar-refractivity contribution in [3.05, 3.63) is 36.4 Å². The third-order valence-corrected chi connectivity index (χ3v) is 10.6. The molecule has 5 aliphatic rings. The van der Waals surface area contributed by atoms with Gasteiger partial charge in [0.15, 0.2) is 0 Å². The number of nitrogens with one attached hydrogen (secondary N) is 2. The maximum Gasteiger partial charge on any atom is 0.246 e. The van der Waals surface area contributed by atoms with Gasteiger partial charge in [-0.15, -0.1) is 0 Å². The molecule has 3 aliphatic heterocycles. The van der Waals surface area contributed by atoms with Gasteiger partial charge in [0, 0.05) is 17.8 Å². The van der Waals surface area contributed by atoms with E-state index in [2.05, 4.69) is 31.4 Å². The highest BCUT2D eigenvalue weighted by Gasteiger charge is 2.73. The van der Waals surface area contributed by atoms with Crippen molar-refractivity contribution in [2.75, 3.05) is 12.4 Å². The van der Waals surface area contributed by atoms with Crippen LogP contribution in [0.4, 0.5) is 5.69 Å². The standard InChI is InChI=1S/C32H43N3O5/c1-18-8-12-22(13-9-18)35-28(30(37)34-24-7-5-6-19(2)20(24)3)32-17-16-25(40-32)26(27(32)31(35)38)29(36)33-21-10-14-23(39-4)15-11-21/h10-11,14-20,22,24-28H,5-9,12-13H2,1-4H3,(H,33,36)(H,34,37)/t18?,19-,20-,22?,24-,25+,26-,27+,28+,32+/m1/s1. The number of amides is 3. The molecule has 1 spiro atoms. The lowest BCUT2D eigenvalue weighted by Gasteiger charge is -2.41. The molecule has 8 heteroatoms. The maximum atomic E-state index is 14.4. The Bertz CT molecular complexity index is 1180. The van der Waals surface area contributed by atoms with E-state index < -0.39 is 29.6 Å². The highest BCUT2D eigenvalue weighted by atomic mass is 16.5. The van der Waals surface area contributed by atoms with Gasteiger partial charge in [-0.1, -0.05) is 45.8 Å². The van der Waals surface area contributed by atoms with Gasteiger partial charge in [0.2, 0.25) is 17.7 Å². The highest BCUT2D eigenvalue weighted by molar-refractivity contribution is 6.03. The van der Waals surface area contributed by atoms with Crippen molar-refractivity contribution in [2.45, 2.75) is 95.5 Å². The van der Waals surface area contributed by atoms with Crippen LogP contribution >= 0.6 is 0 Å². The first-order valence-electron chi connectivity index (χ1n) is 15.2. The van der Waals surface area contributed by atoms with E-state index in [0.29, 0.717) is 29.2 Å². The van der Waals surface area contributed by atoms with Crippen LogP contribution in [0.5, 0.6) is 5.75 Å². The number of rotatable bonds is 6. The summed E-state index contributed by atoms with van der Waals surface area (Å²) in [5, 5.41) is 6.36. The van der Waals surface area contributed by atoms with Gasteiger partial charge < -0.3 is 25.0 Å². The van der Waals surface area contributed by atoms with E-state index in [1.165, 1.54) is 6.42 Å². The summed E-state index contributed by atoms with van der Waals surface area (Å²) in [6.45, 7) is 6.72.